The van der Waals surface area contributed by atoms with Crippen molar-refractivity contribution in [3.63, 3.8) is 0 Å². The molecule has 32 heavy (non-hydrogen) atoms. The van der Waals surface area contributed by atoms with Crippen LogP contribution in [0.15, 0.2) is 36.7 Å². The molecule has 5 rings (SSSR count). The van der Waals surface area contributed by atoms with Crippen LogP contribution in [-0.4, -0.2) is 66.0 Å². The van der Waals surface area contributed by atoms with Gasteiger partial charge in [-0.2, -0.15) is 5.10 Å². The highest BCUT2D eigenvalue weighted by molar-refractivity contribution is 5.94. The summed E-state index contributed by atoms with van der Waals surface area (Å²) >= 11 is 0. The molecule has 0 unspecified atom stereocenters. The smallest absolute Gasteiger partial charge is 0.321 e. The number of tetrazole rings is 1. The number of anilines is 1. The molecular formula is C21H25N9O2. The molecule has 2 N–H and O–H groups in total. The molecule has 1 saturated heterocycles. The number of hydrogen-bond acceptors (Lipinski definition) is 6. The first-order valence-electron chi connectivity index (χ1n) is 10.8. The predicted molar refractivity (Wildman–Crippen MR) is 116 cm³/mol. The van der Waals surface area contributed by atoms with E-state index >= 15 is 0 Å². The number of amides is 3. The summed E-state index contributed by atoms with van der Waals surface area (Å²) in [7, 11) is 1.78. The highest BCUT2D eigenvalue weighted by Gasteiger charge is 2.28. The zero-order chi connectivity index (χ0) is 22.1. The van der Waals surface area contributed by atoms with Gasteiger partial charge < -0.3 is 15.5 Å². The Bertz CT molecular complexity index is 1110. The molecule has 3 aromatic rings. The number of urea groups is 1. The molecule has 1 aliphatic heterocycles. The third kappa shape index (κ3) is 4.32. The average Bonchev–Trinajstić information content (AvgIpc) is 3.35. The summed E-state index contributed by atoms with van der Waals surface area (Å²) in [5.74, 6) is 0.620. The van der Waals surface area contributed by atoms with Gasteiger partial charge >= 0.3 is 6.03 Å². The quantitative estimate of drug-likeness (QED) is 0.630. The summed E-state index contributed by atoms with van der Waals surface area (Å²) < 4.78 is 3.47. The highest BCUT2D eigenvalue weighted by atomic mass is 16.2. The van der Waals surface area contributed by atoms with E-state index in [0.29, 0.717) is 37.5 Å². The van der Waals surface area contributed by atoms with Crippen molar-refractivity contribution in [2.45, 2.75) is 37.8 Å². The molecule has 1 saturated carbocycles. The largest absolute Gasteiger partial charge is 0.349 e. The number of benzene rings is 1. The monoisotopic (exact) mass is 435 g/mol. The van der Waals surface area contributed by atoms with Gasteiger partial charge in [0.05, 0.1) is 17.8 Å². The molecule has 1 aromatic carbocycles. The minimum absolute atomic E-state index is 0.0449. The molecule has 2 aliphatic rings. The van der Waals surface area contributed by atoms with Crippen molar-refractivity contribution in [1.82, 2.24) is 40.2 Å². The van der Waals surface area contributed by atoms with Crippen LogP contribution in [0.1, 0.15) is 42.1 Å². The molecule has 0 bridgehead atoms. The molecule has 0 spiro atoms. The van der Waals surface area contributed by atoms with Crippen molar-refractivity contribution in [3.8, 4) is 11.4 Å². The van der Waals surface area contributed by atoms with Crippen LogP contribution in [0.25, 0.3) is 11.4 Å². The number of hydrogen-bond donors (Lipinski definition) is 2. The summed E-state index contributed by atoms with van der Waals surface area (Å²) in [4.78, 5) is 26.7. The van der Waals surface area contributed by atoms with Gasteiger partial charge in [0.15, 0.2) is 5.82 Å². The van der Waals surface area contributed by atoms with E-state index in [0.717, 1.165) is 29.9 Å². The van der Waals surface area contributed by atoms with Crippen LogP contribution in [0.2, 0.25) is 0 Å². The van der Waals surface area contributed by atoms with Gasteiger partial charge in [0.25, 0.3) is 5.91 Å². The van der Waals surface area contributed by atoms with Crippen LogP contribution < -0.4 is 10.6 Å². The maximum atomic E-state index is 12.7. The molecule has 0 radical (unpaired) electrons. The predicted octanol–water partition coefficient (Wildman–Crippen LogP) is 1.83. The number of rotatable bonds is 5. The van der Waals surface area contributed by atoms with E-state index in [2.05, 4.69) is 31.3 Å². The van der Waals surface area contributed by atoms with E-state index in [1.807, 2.05) is 28.9 Å². The van der Waals surface area contributed by atoms with Gasteiger partial charge in [-0.1, -0.05) is 0 Å². The number of aromatic nitrogens is 6. The summed E-state index contributed by atoms with van der Waals surface area (Å²) in [6, 6.07) is 7.86. The normalized spacial score (nSPS) is 16.7. The van der Waals surface area contributed by atoms with Gasteiger partial charge in [-0.25, -0.2) is 9.48 Å². The second-order valence-electron chi connectivity index (χ2n) is 8.32. The maximum Gasteiger partial charge on any atom is 0.321 e. The summed E-state index contributed by atoms with van der Waals surface area (Å²) in [6.07, 6.45) is 6.88. The Labute approximate surface area is 184 Å². The summed E-state index contributed by atoms with van der Waals surface area (Å²) in [5, 5.41) is 22.0. The Morgan fingerprint density at radius 1 is 1.06 bits per heavy atom. The van der Waals surface area contributed by atoms with Crippen LogP contribution in [0.5, 0.6) is 0 Å². The number of piperidine rings is 1. The van der Waals surface area contributed by atoms with Gasteiger partial charge in [0.1, 0.15) is 0 Å². The number of nitrogens with one attached hydrogen (secondary N) is 2. The SMILES string of the molecule is Cn1cc(C(=O)NC2CCN(C(=O)Nc3ccc(-c4nnnn4C4CC4)cc3)CC2)cn1. The van der Waals surface area contributed by atoms with Crippen molar-refractivity contribution in [3.05, 3.63) is 42.2 Å². The van der Waals surface area contributed by atoms with Gasteiger partial charge in [0, 0.05) is 43.6 Å². The Hall–Kier alpha value is -3.76. The van der Waals surface area contributed by atoms with Gasteiger partial charge in [0.2, 0.25) is 0 Å². The minimum atomic E-state index is -0.141. The third-order valence-electron chi connectivity index (χ3n) is 5.86. The molecule has 1 aliphatic carbocycles. The number of nitrogens with zero attached hydrogens (tertiary/aromatic N) is 7. The lowest BCUT2D eigenvalue weighted by atomic mass is 10.0. The van der Waals surface area contributed by atoms with E-state index in [-0.39, 0.29) is 18.0 Å². The standard InChI is InChI=1S/C21H25N9O2/c1-28-13-15(12-22-28)20(31)23-17-8-10-29(11-9-17)21(32)24-16-4-2-14(3-5-16)19-25-26-27-30(19)18-6-7-18/h2-5,12-13,17-18H,6-11H2,1H3,(H,23,31)(H,24,32). The van der Waals surface area contributed by atoms with Gasteiger partial charge in [-0.15, -0.1) is 5.10 Å². The van der Waals surface area contributed by atoms with E-state index in [9.17, 15) is 9.59 Å². The average molecular weight is 435 g/mol. The highest BCUT2D eigenvalue weighted by Crippen LogP contribution is 2.36. The Kier molecular flexibility index (Phi) is 5.29. The van der Waals surface area contributed by atoms with Gasteiger partial charge in [-0.3, -0.25) is 9.48 Å². The fraction of sp³-hybridized carbons (Fsp3) is 0.429. The lowest BCUT2D eigenvalue weighted by molar-refractivity contribution is 0.0919. The van der Waals surface area contributed by atoms with Crippen LogP contribution in [0.4, 0.5) is 10.5 Å². The zero-order valence-corrected chi connectivity index (χ0v) is 17.8. The first kappa shape index (κ1) is 20.2. The molecule has 0 atom stereocenters. The second kappa shape index (κ2) is 8.40. The van der Waals surface area contributed by atoms with Gasteiger partial charge in [-0.05, 0) is 60.4 Å². The third-order valence-corrected chi connectivity index (χ3v) is 5.86. The number of aryl methyl sites for hydroxylation is 1. The number of carbonyl (C=O) groups is 2. The lowest BCUT2D eigenvalue weighted by Gasteiger charge is -2.32. The second-order valence-corrected chi connectivity index (χ2v) is 8.32. The van der Waals surface area contributed by atoms with E-state index in [4.69, 9.17) is 0 Å². The van der Waals surface area contributed by atoms with Crippen molar-refractivity contribution in [2.75, 3.05) is 18.4 Å². The van der Waals surface area contributed by atoms with E-state index < -0.39 is 0 Å². The molecule has 2 fully saturated rings. The first-order valence-corrected chi connectivity index (χ1v) is 10.8. The number of carbonyl (C=O) groups excluding carboxylic acids is 2. The molecule has 3 amide bonds. The van der Waals surface area contributed by atoms with Crippen molar-refractivity contribution >= 4 is 17.6 Å². The first-order chi connectivity index (χ1) is 15.6. The van der Waals surface area contributed by atoms with E-state index in [1.54, 1.807) is 29.0 Å². The summed E-state index contributed by atoms with van der Waals surface area (Å²) in [6.45, 7) is 1.16. The van der Waals surface area contributed by atoms with Crippen LogP contribution in [0.3, 0.4) is 0 Å². The lowest BCUT2D eigenvalue weighted by Crippen LogP contribution is -2.47. The fourth-order valence-electron chi connectivity index (χ4n) is 3.89. The van der Waals surface area contributed by atoms with Crippen molar-refractivity contribution < 1.29 is 9.59 Å². The van der Waals surface area contributed by atoms with Crippen LogP contribution in [-0.2, 0) is 7.05 Å². The van der Waals surface area contributed by atoms with Crippen molar-refractivity contribution in [2.24, 2.45) is 7.05 Å². The Balaban J connectivity index is 1.12. The molecule has 3 heterocycles. The summed E-state index contributed by atoms with van der Waals surface area (Å²) in [5.41, 5.74) is 2.18. The Morgan fingerprint density at radius 3 is 2.47 bits per heavy atom. The molecule has 2 aromatic heterocycles. The van der Waals surface area contributed by atoms with Crippen LogP contribution >= 0.6 is 0 Å². The zero-order valence-electron chi connectivity index (χ0n) is 17.8. The maximum absolute atomic E-state index is 12.7. The fourth-order valence-corrected chi connectivity index (χ4v) is 3.89. The van der Waals surface area contributed by atoms with Crippen molar-refractivity contribution in [1.29, 1.82) is 0 Å². The molecule has 11 nitrogen and oxygen atoms in total. The minimum Gasteiger partial charge on any atom is -0.349 e. The molecule has 11 heteroatoms. The topological polar surface area (TPSA) is 123 Å². The number of likely N-dealkylation sites (tertiary alicyclic amines) is 1. The molecular weight excluding hydrogens is 410 g/mol. The van der Waals surface area contributed by atoms with E-state index in [1.165, 1.54) is 0 Å². The Morgan fingerprint density at radius 2 is 1.81 bits per heavy atom. The molecule has 166 valence electrons. The van der Waals surface area contributed by atoms with Crippen LogP contribution in [0, 0.1) is 0 Å².